The molecule has 0 fully saturated rings. The van der Waals surface area contributed by atoms with Crippen molar-refractivity contribution in [1.29, 1.82) is 0 Å². The van der Waals surface area contributed by atoms with E-state index in [4.69, 9.17) is 5.73 Å². The standard InChI is InChI=1S/C12H17BrN2O/c1-7-4-10(13)5-8(2)11(7)15-6-9(3)12(14)16/h4-5,9,15H,6H2,1-3H3,(H2,14,16). The molecule has 0 heterocycles. The zero-order chi connectivity index (χ0) is 12.3. The maximum Gasteiger partial charge on any atom is 0.222 e. The Kier molecular flexibility index (Phi) is 4.35. The van der Waals surface area contributed by atoms with Crippen LogP contribution in [-0.4, -0.2) is 12.5 Å². The molecule has 88 valence electrons. The maximum absolute atomic E-state index is 10.9. The minimum absolute atomic E-state index is 0.164. The maximum atomic E-state index is 10.9. The van der Waals surface area contributed by atoms with Crippen LogP contribution in [0.4, 0.5) is 5.69 Å². The summed E-state index contributed by atoms with van der Waals surface area (Å²) < 4.78 is 1.07. The molecular weight excluding hydrogens is 268 g/mol. The molecule has 0 aromatic heterocycles. The summed E-state index contributed by atoms with van der Waals surface area (Å²) in [4.78, 5) is 10.9. The largest absolute Gasteiger partial charge is 0.384 e. The van der Waals surface area contributed by atoms with E-state index in [2.05, 4.69) is 21.2 Å². The summed E-state index contributed by atoms with van der Waals surface area (Å²) in [6, 6.07) is 4.09. The second-order valence-electron chi connectivity index (χ2n) is 4.10. The van der Waals surface area contributed by atoms with Crippen molar-refractivity contribution in [1.82, 2.24) is 0 Å². The number of hydrogen-bond donors (Lipinski definition) is 2. The summed E-state index contributed by atoms with van der Waals surface area (Å²) in [7, 11) is 0. The van der Waals surface area contributed by atoms with Crippen molar-refractivity contribution in [2.45, 2.75) is 20.8 Å². The lowest BCUT2D eigenvalue weighted by Gasteiger charge is -2.15. The van der Waals surface area contributed by atoms with Gasteiger partial charge < -0.3 is 11.1 Å². The van der Waals surface area contributed by atoms with E-state index in [1.54, 1.807) is 0 Å². The molecule has 0 saturated heterocycles. The van der Waals surface area contributed by atoms with Crippen LogP contribution < -0.4 is 11.1 Å². The Morgan fingerprint density at radius 2 is 1.94 bits per heavy atom. The fraction of sp³-hybridized carbons (Fsp3) is 0.417. The Morgan fingerprint density at radius 1 is 1.44 bits per heavy atom. The highest BCUT2D eigenvalue weighted by atomic mass is 79.9. The lowest BCUT2D eigenvalue weighted by atomic mass is 10.1. The molecule has 0 aliphatic rings. The van der Waals surface area contributed by atoms with Crippen LogP contribution in [0.1, 0.15) is 18.1 Å². The SMILES string of the molecule is Cc1cc(Br)cc(C)c1NCC(C)C(N)=O. The Morgan fingerprint density at radius 3 is 2.38 bits per heavy atom. The van der Waals surface area contributed by atoms with Gasteiger partial charge >= 0.3 is 0 Å². The van der Waals surface area contributed by atoms with E-state index in [0.29, 0.717) is 6.54 Å². The van der Waals surface area contributed by atoms with Gasteiger partial charge in [0.2, 0.25) is 5.91 Å². The molecule has 0 radical (unpaired) electrons. The van der Waals surface area contributed by atoms with E-state index < -0.39 is 0 Å². The zero-order valence-corrected chi connectivity index (χ0v) is 11.4. The van der Waals surface area contributed by atoms with E-state index in [0.717, 1.165) is 21.3 Å². The number of amides is 1. The average Bonchev–Trinajstić information content (AvgIpc) is 2.15. The number of nitrogens with one attached hydrogen (secondary N) is 1. The van der Waals surface area contributed by atoms with E-state index in [1.807, 2.05) is 32.9 Å². The summed E-state index contributed by atoms with van der Waals surface area (Å²) >= 11 is 3.45. The van der Waals surface area contributed by atoms with Gasteiger partial charge in [0.05, 0.1) is 5.92 Å². The second kappa shape index (κ2) is 5.34. The van der Waals surface area contributed by atoms with Crippen molar-refractivity contribution in [2.75, 3.05) is 11.9 Å². The van der Waals surface area contributed by atoms with E-state index >= 15 is 0 Å². The van der Waals surface area contributed by atoms with Crippen LogP contribution >= 0.6 is 15.9 Å². The van der Waals surface area contributed by atoms with Gasteiger partial charge in [-0.15, -0.1) is 0 Å². The fourth-order valence-corrected chi connectivity index (χ4v) is 2.23. The summed E-state index contributed by atoms with van der Waals surface area (Å²) in [5.74, 6) is -0.442. The van der Waals surface area contributed by atoms with E-state index in [-0.39, 0.29) is 11.8 Å². The van der Waals surface area contributed by atoms with Crippen molar-refractivity contribution in [3.05, 3.63) is 27.7 Å². The number of carbonyl (C=O) groups excluding carboxylic acids is 1. The molecule has 1 aromatic rings. The highest BCUT2D eigenvalue weighted by Gasteiger charge is 2.10. The molecule has 4 heteroatoms. The zero-order valence-electron chi connectivity index (χ0n) is 9.80. The molecule has 3 N–H and O–H groups in total. The predicted octanol–water partition coefficient (Wildman–Crippen LogP) is 2.60. The van der Waals surface area contributed by atoms with Gasteiger partial charge in [-0.2, -0.15) is 0 Å². The van der Waals surface area contributed by atoms with Crippen LogP contribution in [-0.2, 0) is 4.79 Å². The van der Waals surface area contributed by atoms with Gasteiger partial charge in [0.1, 0.15) is 0 Å². The van der Waals surface area contributed by atoms with E-state index in [1.165, 1.54) is 0 Å². The van der Waals surface area contributed by atoms with Crippen LogP contribution in [0.3, 0.4) is 0 Å². The van der Waals surface area contributed by atoms with Crippen molar-refractivity contribution in [2.24, 2.45) is 11.7 Å². The van der Waals surface area contributed by atoms with Crippen LogP contribution in [0, 0.1) is 19.8 Å². The number of primary amides is 1. The molecule has 1 atom stereocenters. The molecule has 1 amide bonds. The fourth-order valence-electron chi connectivity index (χ4n) is 1.55. The molecule has 0 bridgehead atoms. The molecule has 1 aromatic carbocycles. The Bertz CT molecular complexity index is 381. The Labute approximate surface area is 105 Å². The third-order valence-corrected chi connectivity index (χ3v) is 3.03. The van der Waals surface area contributed by atoms with Gasteiger partial charge in [-0.25, -0.2) is 0 Å². The molecule has 1 unspecified atom stereocenters. The molecule has 0 aliphatic heterocycles. The number of aryl methyl sites for hydroxylation is 2. The van der Waals surface area contributed by atoms with Gasteiger partial charge in [-0.1, -0.05) is 22.9 Å². The summed E-state index contributed by atoms with van der Waals surface area (Å²) in [5, 5.41) is 3.27. The number of rotatable bonds is 4. The molecule has 3 nitrogen and oxygen atoms in total. The topological polar surface area (TPSA) is 55.1 Å². The lowest BCUT2D eigenvalue weighted by molar-refractivity contribution is -0.120. The highest BCUT2D eigenvalue weighted by molar-refractivity contribution is 9.10. The van der Waals surface area contributed by atoms with Crippen LogP contribution in [0.15, 0.2) is 16.6 Å². The molecule has 16 heavy (non-hydrogen) atoms. The minimum atomic E-state index is -0.278. The van der Waals surface area contributed by atoms with Crippen molar-refractivity contribution in [3.8, 4) is 0 Å². The molecular formula is C12H17BrN2O. The predicted molar refractivity (Wildman–Crippen MR) is 70.5 cm³/mol. The normalized spacial score (nSPS) is 12.2. The minimum Gasteiger partial charge on any atom is -0.384 e. The second-order valence-corrected chi connectivity index (χ2v) is 5.01. The van der Waals surface area contributed by atoms with Gasteiger partial charge in [-0.05, 0) is 37.1 Å². The molecule has 0 saturated carbocycles. The third kappa shape index (κ3) is 3.23. The molecule has 0 aliphatic carbocycles. The summed E-state index contributed by atoms with van der Waals surface area (Å²) in [6.07, 6.45) is 0. The number of hydrogen-bond acceptors (Lipinski definition) is 2. The van der Waals surface area contributed by atoms with Crippen molar-refractivity contribution in [3.63, 3.8) is 0 Å². The molecule has 0 spiro atoms. The Hall–Kier alpha value is -1.03. The van der Waals surface area contributed by atoms with Gasteiger partial charge in [0, 0.05) is 16.7 Å². The summed E-state index contributed by atoms with van der Waals surface area (Å²) in [6.45, 7) is 6.46. The number of halogens is 1. The number of benzene rings is 1. The quantitative estimate of drug-likeness (QED) is 0.893. The van der Waals surface area contributed by atoms with Crippen molar-refractivity contribution < 1.29 is 4.79 Å². The Balaban J connectivity index is 2.78. The van der Waals surface area contributed by atoms with Gasteiger partial charge in [-0.3, -0.25) is 4.79 Å². The van der Waals surface area contributed by atoms with Crippen LogP contribution in [0.2, 0.25) is 0 Å². The lowest BCUT2D eigenvalue weighted by Crippen LogP contribution is -2.27. The third-order valence-electron chi connectivity index (χ3n) is 2.57. The van der Waals surface area contributed by atoms with Gasteiger partial charge in [0.25, 0.3) is 0 Å². The molecule has 1 rings (SSSR count). The number of nitrogens with two attached hydrogens (primary N) is 1. The van der Waals surface area contributed by atoms with Crippen molar-refractivity contribution >= 4 is 27.5 Å². The van der Waals surface area contributed by atoms with Crippen LogP contribution in [0.25, 0.3) is 0 Å². The summed E-state index contributed by atoms with van der Waals surface area (Å²) in [5.41, 5.74) is 8.61. The average molecular weight is 285 g/mol. The van der Waals surface area contributed by atoms with E-state index in [9.17, 15) is 4.79 Å². The highest BCUT2D eigenvalue weighted by Crippen LogP contribution is 2.25. The van der Waals surface area contributed by atoms with Crippen LogP contribution in [0.5, 0.6) is 0 Å². The first-order chi connectivity index (χ1) is 7.41. The monoisotopic (exact) mass is 284 g/mol. The number of carbonyl (C=O) groups is 1. The van der Waals surface area contributed by atoms with Gasteiger partial charge in [0.15, 0.2) is 0 Å². The first-order valence-electron chi connectivity index (χ1n) is 5.21. The smallest absolute Gasteiger partial charge is 0.222 e. The first-order valence-corrected chi connectivity index (χ1v) is 6.01. The first kappa shape index (κ1) is 13.0. The number of anilines is 1.